The van der Waals surface area contributed by atoms with Crippen molar-refractivity contribution in [1.29, 1.82) is 0 Å². The maximum atomic E-state index is 13.2. The number of nitrogens with one attached hydrogen (secondary N) is 1. The van der Waals surface area contributed by atoms with E-state index < -0.39 is 0 Å². The zero-order chi connectivity index (χ0) is 22.0. The number of fused-ring (bicyclic) bond motifs is 1. The second-order valence-corrected chi connectivity index (χ2v) is 7.97. The van der Waals surface area contributed by atoms with E-state index in [1.807, 2.05) is 48.2 Å². The highest BCUT2D eigenvalue weighted by Gasteiger charge is 2.31. The number of benzene rings is 3. The molecule has 1 heterocycles. The first-order valence-electron chi connectivity index (χ1n) is 10.4. The minimum atomic E-state index is -0.111. The van der Waals surface area contributed by atoms with Crippen molar-refractivity contribution in [2.45, 2.75) is 32.9 Å². The Hall–Kier alpha value is -3.60. The molecule has 1 N–H and O–H groups in total. The predicted molar refractivity (Wildman–Crippen MR) is 122 cm³/mol. The molecule has 1 aliphatic heterocycles. The van der Waals surface area contributed by atoms with Crippen LogP contribution in [0.4, 0.5) is 5.69 Å². The van der Waals surface area contributed by atoms with Gasteiger partial charge in [-0.05, 0) is 73.9 Å². The lowest BCUT2D eigenvalue weighted by Crippen LogP contribution is -2.35. The molecule has 0 fully saturated rings. The summed E-state index contributed by atoms with van der Waals surface area (Å²) in [5.41, 5.74) is 5.39. The fourth-order valence-electron chi connectivity index (χ4n) is 3.93. The third-order valence-electron chi connectivity index (χ3n) is 5.69. The summed E-state index contributed by atoms with van der Waals surface area (Å²) in [6, 6.07) is 20.8. The highest BCUT2D eigenvalue weighted by atomic mass is 16.5. The number of carbonyl (C=O) groups is 2. The van der Waals surface area contributed by atoms with Crippen molar-refractivity contribution < 1.29 is 14.3 Å². The topological polar surface area (TPSA) is 58.6 Å². The number of nitrogens with zero attached hydrogens (tertiary/aromatic N) is 1. The summed E-state index contributed by atoms with van der Waals surface area (Å²) in [4.78, 5) is 27.5. The van der Waals surface area contributed by atoms with Gasteiger partial charge in [0.05, 0.1) is 7.11 Å². The quantitative estimate of drug-likeness (QED) is 0.668. The highest BCUT2D eigenvalue weighted by molar-refractivity contribution is 6.07. The Kier molecular flexibility index (Phi) is 5.76. The van der Waals surface area contributed by atoms with E-state index in [0.717, 1.165) is 34.5 Å². The number of carbonyl (C=O) groups excluding carboxylic acids is 2. The Morgan fingerprint density at radius 2 is 1.68 bits per heavy atom. The average molecular weight is 415 g/mol. The maximum absolute atomic E-state index is 13.2. The number of hydrogen-bond donors (Lipinski definition) is 1. The molecule has 3 aromatic rings. The summed E-state index contributed by atoms with van der Waals surface area (Å²) in [5.74, 6) is 0.577. The zero-order valence-electron chi connectivity index (χ0n) is 18.0. The molecule has 0 saturated heterocycles. The van der Waals surface area contributed by atoms with Crippen molar-refractivity contribution in [1.82, 2.24) is 5.32 Å². The van der Waals surface area contributed by atoms with E-state index in [4.69, 9.17) is 4.74 Å². The molecule has 0 aromatic heterocycles. The molecule has 1 aliphatic rings. The molecule has 0 saturated carbocycles. The van der Waals surface area contributed by atoms with E-state index in [0.29, 0.717) is 17.7 Å². The van der Waals surface area contributed by atoms with E-state index >= 15 is 0 Å². The number of aryl methyl sites for hydroxylation is 1. The van der Waals surface area contributed by atoms with Crippen molar-refractivity contribution in [2.75, 3.05) is 12.0 Å². The second kappa shape index (κ2) is 8.64. The summed E-state index contributed by atoms with van der Waals surface area (Å²) in [7, 11) is 1.61. The van der Waals surface area contributed by atoms with Crippen molar-refractivity contribution in [3.63, 3.8) is 0 Å². The number of methoxy groups -OCH3 is 1. The van der Waals surface area contributed by atoms with Gasteiger partial charge in [-0.1, -0.05) is 29.8 Å². The Morgan fingerprint density at radius 3 is 2.35 bits per heavy atom. The largest absolute Gasteiger partial charge is 0.497 e. The summed E-state index contributed by atoms with van der Waals surface area (Å²) < 4.78 is 5.19. The molecule has 4 rings (SSSR count). The van der Waals surface area contributed by atoms with Gasteiger partial charge < -0.3 is 15.0 Å². The number of rotatable bonds is 5. The van der Waals surface area contributed by atoms with Gasteiger partial charge in [0.25, 0.3) is 11.8 Å². The minimum Gasteiger partial charge on any atom is -0.497 e. The van der Waals surface area contributed by atoms with Crippen LogP contribution in [0.1, 0.15) is 44.3 Å². The normalized spacial score (nSPS) is 14.8. The summed E-state index contributed by atoms with van der Waals surface area (Å²) in [6.07, 6.45) is 0.813. The molecule has 0 aliphatic carbocycles. The van der Waals surface area contributed by atoms with Gasteiger partial charge >= 0.3 is 0 Å². The Bertz CT molecular complexity index is 1100. The van der Waals surface area contributed by atoms with Gasteiger partial charge in [0.2, 0.25) is 0 Å². The third kappa shape index (κ3) is 4.31. The first-order chi connectivity index (χ1) is 15.0. The number of anilines is 1. The lowest BCUT2D eigenvalue weighted by Gasteiger charge is -2.23. The van der Waals surface area contributed by atoms with Crippen LogP contribution in [0.15, 0.2) is 66.7 Å². The number of ether oxygens (including phenoxy) is 1. The lowest BCUT2D eigenvalue weighted by atomic mass is 10.1. The van der Waals surface area contributed by atoms with Gasteiger partial charge in [0, 0.05) is 29.4 Å². The first-order valence-corrected chi connectivity index (χ1v) is 10.4. The molecule has 5 nitrogen and oxygen atoms in total. The molecule has 0 spiro atoms. The molecule has 158 valence electrons. The highest BCUT2D eigenvalue weighted by Crippen LogP contribution is 2.34. The van der Waals surface area contributed by atoms with Gasteiger partial charge in [0.15, 0.2) is 0 Å². The van der Waals surface area contributed by atoms with E-state index in [1.54, 1.807) is 31.4 Å². The van der Waals surface area contributed by atoms with Crippen LogP contribution in [0.5, 0.6) is 5.75 Å². The van der Waals surface area contributed by atoms with Crippen LogP contribution in [0.2, 0.25) is 0 Å². The SMILES string of the molecule is COc1ccc(C(=O)N2c3cc(CNC(=O)c4ccc(C)cc4)ccc3C[C@H]2C)cc1. The number of hydrogen-bond acceptors (Lipinski definition) is 3. The van der Waals surface area contributed by atoms with Crippen LogP contribution >= 0.6 is 0 Å². The molecule has 5 heteroatoms. The zero-order valence-corrected chi connectivity index (χ0v) is 18.0. The van der Waals surface area contributed by atoms with Crippen molar-refractivity contribution in [2.24, 2.45) is 0 Å². The van der Waals surface area contributed by atoms with Crippen LogP contribution in [-0.2, 0) is 13.0 Å². The van der Waals surface area contributed by atoms with Crippen LogP contribution in [0, 0.1) is 6.92 Å². The van der Waals surface area contributed by atoms with Crippen LogP contribution in [-0.4, -0.2) is 25.0 Å². The molecular weight excluding hydrogens is 388 g/mol. The molecule has 2 amide bonds. The summed E-state index contributed by atoms with van der Waals surface area (Å²) in [5, 5.41) is 2.97. The van der Waals surface area contributed by atoms with Gasteiger partial charge in [0.1, 0.15) is 5.75 Å². The fourth-order valence-corrected chi connectivity index (χ4v) is 3.93. The smallest absolute Gasteiger partial charge is 0.258 e. The van der Waals surface area contributed by atoms with Gasteiger partial charge in [-0.2, -0.15) is 0 Å². The van der Waals surface area contributed by atoms with Gasteiger partial charge in [-0.3, -0.25) is 9.59 Å². The molecular formula is C26H26N2O3. The van der Waals surface area contributed by atoms with E-state index in [1.165, 1.54) is 0 Å². The predicted octanol–water partition coefficient (Wildman–Crippen LogP) is 4.53. The van der Waals surface area contributed by atoms with Gasteiger partial charge in [-0.15, -0.1) is 0 Å². The molecule has 0 radical (unpaired) electrons. The Morgan fingerprint density at radius 1 is 1.00 bits per heavy atom. The van der Waals surface area contributed by atoms with Crippen molar-refractivity contribution in [3.05, 3.63) is 94.5 Å². The van der Waals surface area contributed by atoms with Crippen molar-refractivity contribution in [3.8, 4) is 5.75 Å². The standard InChI is InChI=1S/C26H26N2O3/c1-17-4-7-20(8-5-17)25(29)27-16-19-6-9-22-14-18(2)28(24(22)15-19)26(30)21-10-12-23(31-3)13-11-21/h4-13,15,18H,14,16H2,1-3H3,(H,27,29)/t18-/m1/s1. The van der Waals surface area contributed by atoms with Crippen LogP contribution < -0.4 is 15.0 Å². The Labute approximate surface area is 182 Å². The third-order valence-corrected chi connectivity index (χ3v) is 5.69. The van der Waals surface area contributed by atoms with Crippen molar-refractivity contribution >= 4 is 17.5 Å². The minimum absolute atomic E-state index is 0.0326. The molecule has 0 unspecified atom stereocenters. The fraction of sp³-hybridized carbons (Fsp3) is 0.231. The van der Waals surface area contributed by atoms with E-state index in [-0.39, 0.29) is 17.9 Å². The molecule has 1 atom stereocenters. The molecule has 3 aromatic carbocycles. The van der Waals surface area contributed by atoms with Gasteiger partial charge in [-0.25, -0.2) is 0 Å². The monoisotopic (exact) mass is 414 g/mol. The summed E-state index contributed by atoms with van der Waals surface area (Å²) >= 11 is 0. The average Bonchev–Trinajstić information content (AvgIpc) is 3.12. The number of amides is 2. The Balaban J connectivity index is 1.51. The van der Waals surface area contributed by atoms with Crippen LogP contribution in [0.3, 0.4) is 0 Å². The molecule has 31 heavy (non-hydrogen) atoms. The molecule has 0 bridgehead atoms. The lowest BCUT2D eigenvalue weighted by molar-refractivity contribution is 0.0948. The van der Waals surface area contributed by atoms with Crippen LogP contribution in [0.25, 0.3) is 0 Å². The van der Waals surface area contributed by atoms with E-state index in [9.17, 15) is 9.59 Å². The van der Waals surface area contributed by atoms with E-state index in [2.05, 4.69) is 18.3 Å². The second-order valence-electron chi connectivity index (χ2n) is 7.97. The summed E-state index contributed by atoms with van der Waals surface area (Å²) in [6.45, 7) is 4.45. The maximum Gasteiger partial charge on any atom is 0.258 e. The first kappa shape index (κ1) is 20.7.